The van der Waals surface area contributed by atoms with Crippen LogP contribution in [0.4, 0.5) is 11.4 Å². The molecule has 0 amide bonds. The maximum absolute atomic E-state index is 5.60. The standard InChI is InChI=1S/C8H9N3S/c9-7-8(12)11-6-4-2-1-3-5(6)10-7/h1-4,8,11-12H,(H2,9,10). The number of amidine groups is 1. The van der Waals surface area contributed by atoms with Gasteiger partial charge in [0.25, 0.3) is 0 Å². The molecule has 1 aliphatic heterocycles. The molecule has 2 rings (SSSR count). The number of aliphatic imine (C=N–C) groups is 1. The topological polar surface area (TPSA) is 50.4 Å². The Balaban J connectivity index is 2.49. The van der Waals surface area contributed by atoms with Gasteiger partial charge in [-0.2, -0.15) is 0 Å². The quantitative estimate of drug-likeness (QED) is 0.527. The number of benzene rings is 1. The van der Waals surface area contributed by atoms with E-state index in [0.717, 1.165) is 11.4 Å². The van der Waals surface area contributed by atoms with Crippen molar-refractivity contribution in [3.63, 3.8) is 0 Å². The molecule has 0 aromatic heterocycles. The molecule has 3 N–H and O–H groups in total. The van der Waals surface area contributed by atoms with Crippen LogP contribution >= 0.6 is 12.6 Å². The van der Waals surface area contributed by atoms with Crippen LogP contribution in [0.3, 0.4) is 0 Å². The lowest BCUT2D eigenvalue weighted by molar-refractivity contribution is 1.22. The minimum absolute atomic E-state index is 0.167. The van der Waals surface area contributed by atoms with Gasteiger partial charge < -0.3 is 11.1 Å². The van der Waals surface area contributed by atoms with Crippen LogP contribution < -0.4 is 11.1 Å². The zero-order valence-corrected chi connectivity index (χ0v) is 7.25. The average molecular weight is 179 g/mol. The van der Waals surface area contributed by atoms with Gasteiger partial charge in [0.15, 0.2) is 0 Å². The minimum atomic E-state index is -0.167. The Morgan fingerprint density at radius 3 is 3.00 bits per heavy atom. The molecule has 1 unspecified atom stereocenters. The zero-order valence-electron chi connectivity index (χ0n) is 6.36. The summed E-state index contributed by atoms with van der Waals surface area (Å²) in [6.07, 6.45) is 0. The SMILES string of the molecule is NC1=Nc2ccccc2NC1S. The third-order valence-corrected chi connectivity index (χ3v) is 2.12. The van der Waals surface area contributed by atoms with Gasteiger partial charge in [0.1, 0.15) is 11.2 Å². The summed E-state index contributed by atoms with van der Waals surface area (Å²) >= 11 is 4.21. The average Bonchev–Trinajstić information content (AvgIpc) is 2.07. The second-order valence-electron chi connectivity index (χ2n) is 2.60. The first kappa shape index (κ1) is 7.49. The fourth-order valence-electron chi connectivity index (χ4n) is 1.11. The number of nitrogens with two attached hydrogens (primary N) is 1. The predicted octanol–water partition coefficient (Wildman–Crippen LogP) is 1.36. The maximum Gasteiger partial charge on any atom is 0.133 e. The summed E-state index contributed by atoms with van der Waals surface area (Å²) in [5.74, 6) is 0.511. The van der Waals surface area contributed by atoms with E-state index in [1.165, 1.54) is 0 Å². The molecule has 1 aromatic rings. The van der Waals surface area contributed by atoms with Crippen LogP contribution in [-0.4, -0.2) is 11.2 Å². The van der Waals surface area contributed by atoms with E-state index in [1.54, 1.807) is 0 Å². The highest BCUT2D eigenvalue weighted by molar-refractivity contribution is 7.82. The molecule has 62 valence electrons. The predicted molar refractivity (Wildman–Crippen MR) is 54.1 cm³/mol. The van der Waals surface area contributed by atoms with Crippen LogP contribution in [0.2, 0.25) is 0 Å². The maximum atomic E-state index is 5.60. The first-order valence-electron chi connectivity index (χ1n) is 3.65. The minimum Gasteiger partial charge on any atom is -0.385 e. The van der Waals surface area contributed by atoms with Gasteiger partial charge in [0.05, 0.1) is 11.4 Å². The molecular weight excluding hydrogens is 170 g/mol. The van der Waals surface area contributed by atoms with Crippen molar-refractivity contribution in [2.75, 3.05) is 5.32 Å². The fourth-order valence-corrected chi connectivity index (χ4v) is 1.31. The van der Waals surface area contributed by atoms with Crippen molar-refractivity contribution >= 4 is 29.8 Å². The number of anilines is 1. The summed E-state index contributed by atoms with van der Waals surface area (Å²) < 4.78 is 0. The highest BCUT2D eigenvalue weighted by atomic mass is 32.1. The lowest BCUT2D eigenvalue weighted by atomic mass is 10.2. The fraction of sp³-hybridized carbons (Fsp3) is 0.125. The van der Waals surface area contributed by atoms with Gasteiger partial charge in [-0.15, -0.1) is 12.6 Å². The summed E-state index contributed by atoms with van der Waals surface area (Å²) in [4.78, 5) is 4.18. The Labute approximate surface area is 76.1 Å². The van der Waals surface area contributed by atoms with Gasteiger partial charge in [-0.05, 0) is 12.1 Å². The van der Waals surface area contributed by atoms with Crippen molar-refractivity contribution in [1.82, 2.24) is 0 Å². The number of thiol groups is 1. The molecule has 0 spiro atoms. The molecule has 1 aromatic carbocycles. The molecule has 0 saturated carbocycles. The lowest BCUT2D eigenvalue weighted by Crippen LogP contribution is -2.33. The van der Waals surface area contributed by atoms with Gasteiger partial charge in [0, 0.05) is 0 Å². The van der Waals surface area contributed by atoms with E-state index in [9.17, 15) is 0 Å². The van der Waals surface area contributed by atoms with E-state index in [1.807, 2.05) is 24.3 Å². The van der Waals surface area contributed by atoms with E-state index in [0.29, 0.717) is 5.84 Å². The molecule has 12 heavy (non-hydrogen) atoms. The molecule has 1 atom stereocenters. The van der Waals surface area contributed by atoms with Crippen LogP contribution in [-0.2, 0) is 0 Å². The van der Waals surface area contributed by atoms with Crippen LogP contribution in [0.15, 0.2) is 29.3 Å². The zero-order chi connectivity index (χ0) is 8.55. The van der Waals surface area contributed by atoms with E-state index >= 15 is 0 Å². The molecule has 0 bridgehead atoms. The number of fused-ring (bicyclic) bond motifs is 1. The second kappa shape index (κ2) is 2.71. The van der Waals surface area contributed by atoms with E-state index < -0.39 is 0 Å². The summed E-state index contributed by atoms with van der Waals surface area (Å²) in [6, 6.07) is 7.74. The summed E-state index contributed by atoms with van der Waals surface area (Å²) in [5.41, 5.74) is 7.46. The van der Waals surface area contributed by atoms with Crippen LogP contribution in [0, 0.1) is 0 Å². The molecule has 0 radical (unpaired) electrons. The van der Waals surface area contributed by atoms with Crippen LogP contribution in [0.1, 0.15) is 0 Å². The molecule has 4 heteroatoms. The Bertz CT molecular complexity index is 335. The highest BCUT2D eigenvalue weighted by Crippen LogP contribution is 2.28. The normalized spacial score (nSPS) is 20.8. The Hall–Kier alpha value is -1.16. The molecular formula is C8H9N3S. The van der Waals surface area contributed by atoms with Crippen molar-refractivity contribution in [2.24, 2.45) is 10.7 Å². The number of para-hydroxylation sites is 2. The lowest BCUT2D eigenvalue weighted by Gasteiger charge is -2.20. The third-order valence-electron chi connectivity index (χ3n) is 1.73. The largest absolute Gasteiger partial charge is 0.385 e. The van der Waals surface area contributed by atoms with Crippen LogP contribution in [0.5, 0.6) is 0 Å². The van der Waals surface area contributed by atoms with Gasteiger partial charge in [-0.1, -0.05) is 12.1 Å². The van der Waals surface area contributed by atoms with Gasteiger partial charge >= 0.3 is 0 Å². The van der Waals surface area contributed by atoms with Gasteiger partial charge in [-0.25, -0.2) is 4.99 Å². The number of nitrogens with zero attached hydrogens (tertiary/aromatic N) is 1. The Kier molecular flexibility index (Phi) is 1.69. The van der Waals surface area contributed by atoms with Crippen molar-refractivity contribution in [2.45, 2.75) is 5.37 Å². The van der Waals surface area contributed by atoms with Crippen molar-refractivity contribution in [3.05, 3.63) is 24.3 Å². The number of nitrogens with one attached hydrogen (secondary N) is 1. The molecule has 0 saturated heterocycles. The first-order valence-corrected chi connectivity index (χ1v) is 4.17. The Morgan fingerprint density at radius 2 is 2.17 bits per heavy atom. The van der Waals surface area contributed by atoms with Crippen molar-refractivity contribution in [3.8, 4) is 0 Å². The molecule has 1 aliphatic rings. The Morgan fingerprint density at radius 1 is 1.42 bits per heavy atom. The van der Waals surface area contributed by atoms with E-state index in [4.69, 9.17) is 5.73 Å². The summed E-state index contributed by atoms with van der Waals surface area (Å²) in [5, 5.41) is 2.95. The molecule has 1 heterocycles. The molecule has 0 fully saturated rings. The summed E-state index contributed by atoms with van der Waals surface area (Å²) in [6.45, 7) is 0. The number of hydrogen-bond donors (Lipinski definition) is 3. The van der Waals surface area contributed by atoms with Crippen molar-refractivity contribution < 1.29 is 0 Å². The van der Waals surface area contributed by atoms with E-state index in [-0.39, 0.29) is 5.37 Å². The van der Waals surface area contributed by atoms with Crippen molar-refractivity contribution in [1.29, 1.82) is 0 Å². The van der Waals surface area contributed by atoms with Crippen LogP contribution in [0.25, 0.3) is 0 Å². The van der Waals surface area contributed by atoms with Gasteiger partial charge in [0.2, 0.25) is 0 Å². The first-order chi connectivity index (χ1) is 5.77. The third kappa shape index (κ3) is 1.14. The monoisotopic (exact) mass is 179 g/mol. The second-order valence-corrected chi connectivity index (χ2v) is 3.12. The van der Waals surface area contributed by atoms with Gasteiger partial charge in [-0.3, -0.25) is 0 Å². The smallest absolute Gasteiger partial charge is 0.133 e. The summed E-state index contributed by atoms with van der Waals surface area (Å²) in [7, 11) is 0. The highest BCUT2D eigenvalue weighted by Gasteiger charge is 2.15. The molecule has 0 aliphatic carbocycles. The number of hydrogen-bond acceptors (Lipinski definition) is 4. The number of rotatable bonds is 0. The van der Waals surface area contributed by atoms with E-state index in [2.05, 4.69) is 22.9 Å². The molecule has 3 nitrogen and oxygen atoms in total.